The lowest BCUT2D eigenvalue weighted by atomic mass is 10.1. The Morgan fingerprint density at radius 1 is 1.12 bits per heavy atom. The van der Waals surface area contributed by atoms with Crippen LogP contribution in [0, 0.1) is 12.7 Å². The second kappa shape index (κ2) is 9.71. The Bertz CT molecular complexity index is 1180. The standard InChI is InChI=1S/C24H26ClFN4O2/c1-16-5-6-18(13-29-9-3-4-10-29)12-21(16)27-24-28-23(31)22(32-2)15-30(24)14-17-7-8-20(26)19(25)11-17/h5-8,11-12,15H,3-4,9-10,13-14H2,1-2H3,(H,27,28,31). The predicted molar refractivity (Wildman–Crippen MR) is 125 cm³/mol. The van der Waals surface area contributed by atoms with E-state index >= 15 is 0 Å². The number of anilines is 2. The molecule has 1 N–H and O–H groups in total. The maximum absolute atomic E-state index is 13.6. The number of hydrogen-bond acceptors (Lipinski definition) is 5. The predicted octanol–water partition coefficient (Wildman–Crippen LogP) is 4.74. The number of aryl methyl sites for hydroxylation is 1. The lowest BCUT2D eigenvalue weighted by Crippen LogP contribution is -2.20. The summed E-state index contributed by atoms with van der Waals surface area (Å²) in [5.41, 5.74) is 3.43. The summed E-state index contributed by atoms with van der Waals surface area (Å²) in [6, 6.07) is 10.8. The van der Waals surface area contributed by atoms with E-state index in [4.69, 9.17) is 16.3 Å². The fourth-order valence-electron chi connectivity index (χ4n) is 3.89. The summed E-state index contributed by atoms with van der Waals surface area (Å²) in [6.45, 7) is 5.48. The maximum atomic E-state index is 13.6. The third-order valence-electron chi connectivity index (χ3n) is 5.67. The smallest absolute Gasteiger partial charge is 0.316 e. The van der Waals surface area contributed by atoms with Gasteiger partial charge in [-0.05, 0) is 67.7 Å². The summed E-state index contributed by atoms with van der Waals surface area (Å²) in [5.74, 6) is 0.0238. The van der Waals surface area contributed by atoms with Crippen molar-refractivity contribution in [3.8, 4) is 5.75 Å². The molecule has 4 rings (SSSR count). The number of likely N-dealkylation sites (tertiary alicyclic amines) is 1. The van der Waals surface area contributed by atoms with Gasteiger partial charge in [-0.3, -0.25) is 9.69 Å². The first-order valence-electron chi connectivity index (χ1n) is 10.6. The van der Waals surface area contributed by atoms with E-state index in [0.29, 0.717) is 12.5 Å². The molecule has 0 unspecified atom stereocenters. The van der Waals surface area contributed by atoms with E-state index in [2.05, 4.69) is 33.4 Å². The van der Waals surface area contributed by atoms with Crippen LogP contribution in [-0.4, -0.2) is 34.7 Å². The fraction of sp³-hybridized carbons (Fsp3) is 0.333. The zero-order valence-electron chi connectivity index (χ0n) is 18.2. The molecule has 1 saturated heterocycles. The number of benzene rings is 2. The number of methoxy groups -OCH3 is 1. The molecule has 0 spiro atoms. The third kappa shape index (κ3) is 5.11. The van der Waals surface area contributed by atoms with Crippen LogP contribution in [0.2, 0.25) is 5.02 Å². The van der Waals surface area contributed by atoms with Crippen LogP contribution in [0.15, 0.2) is 47.4 Å². The number of hydrogen-bond donors (Lipinski definition) is 1. The first-order chi connectivity index (χ1) is 15.4. The van der Waals surface area contributed by atoms with Crippen molar-refractivity contribution in [1.82, 2.24) is 14.5 Å². The zero-order valence-corrected chi connectivity index (χ0v) is 19.0. The minimum atomic E-state index is -0.477. The quantitative estimate of drug-likeness (QED) is 0.556. The van der Waals surface area contributed by atoms with Gasteiger partial charge in [-0.1, -0.05) is 29.8 Å². The van der Waals surface area contributed by atoms with Gasteiger partial charge in [-0.15, -0.1) is 0 Å². The van der Waals surface area contributed by atoms with Gasteiger partial charge in [0.05, 0.1) is 24.9 Å². The Kier molecular flexibility index (Phi) is 6.77. The van der Waals surface area contributed by atoms with Crippen molar-refractivity contribution >= 4 is 23.2 Å². The lowest BCUT2D eigenvalue weighted by Gasteiger charge is -2.19. The van der Waals surface area contributed by atoms with Gasteiger partial charge >= 0.3 is 5.56 Å². The Balaban J connectivity index is 1.65. The van der Waals surface area contributed by atoms with Crippen molar-refractivity contribution in [2.45, 2.75) is 32.9 Å². The van der Waals surface area contributed by atoms with E-state index in [1.807, 2.05) is 6.92 Å². The molecule has 1 aliphatic heterocycles. The molecule has 1 aromatic heterocycles. The van der Waals surface area contributed by atoms with Gasteiger partial charge in [-0.25, -0.2) is 4.39 Å². The molecule has 6 nitrogen and oxygen atoms in total. The normalized spacial score (nSPS) is 14.0. The highest BCUT2D eigenvalue weighted by molar-refractivity contribution is 6.30. The van der Waals surface area contributed by atoms with Crippen LogP contribution in [0.25, 0.3) is 0 Å². The van der Waals surface area contributed by atoms with E-state index in [9.17, 15) is 9.18 Å². The number of rotatable bonds is 7. The second-order valence-electron chi connectivity index (χ2n) is 8.07. The van der Waals surface area contributed by atoms with Crippen molar-refractivity contribution < 1.29 is 9.13 Å². The first-order valence-corrected chi connectivity index (χ1v) is 11.0. The van der Waals surface area contributed by atoms with Crippen LogP contribution in [0.4, 0.5) is 16.0 Å². The molecule has 0 bridgehead atoms. The first kappa shape index (κ1) is 22.3. The minimum Gasteiger partial charge on any atom is -0.490 e. The Morgan fingerprint density at radius 2 is 1.84 bits per heavy atom. The van der Waals surface area contributed by atoms with Gasteiger partial charge in [-0.2, -0.15) is 4.98 Å². The van der Waals surface area contributed by atoms with Crippen LogP contribution in [0.5, 0.6) is 5.75 Å². The highest BCUT2D eigenvalue weighted by atomic mass is 35.5. The molecule has 1 fully saturated rings. The molecule has 168 valence electrons. The molecule has 0 amide bonds. The van der Waals surface area contributed by atoms with E-state index in [0.717, 1.165) is 36.4 Å². The largest absolute Gasteiger partial charge is 0.490 e. The van der Waals surface area contributed by atoms with Crippen molar-refractivity contribution in [3.63, 3.8) is 0 Å². The van der Waals surface area contributed by atoms with E-state index in [1.54, 1.807) is 22.9 Å². The molecule has 0 aliphatic carbocycles. The Hall–Kier alpha value is -2.90. The Labute approximate surface area is 191 Å². The number of aromatic nitrogens is 2. The average Bonchev–Trinajstić information content (AvgIpc) is 3.28. The lowest BCUT2D eigenvalue weighted by molar-refractivity contribution is 0.331. The fourth-order valence-corrected chi connectivity index (χ4v) is 4.09. The molecular weight excluding hydrogens is 431 g/mol. The minimum absolute atomic E-state index is 0.0448. The van der Waals surface area contributed by atoms with Crippen molar-refractivity contribution in [2.24, 2.45) is 0 Å². The summed E-state index contributed by atoms with van der Waals surface area (Å²) >= 11 is 5.95. The molecule has 2 heterocycles. The van der Waals surface area contributed by atoms with Gasteiger partial charge < -0.3 is 14.6 Å². The van der Waals surface area contributed by atoms with Crippen LogP contribution in [0.1, 0.15) is 29.5 Å². The summed E-state index contributed by atoms with van der Waals surface area (Å²) < 4.78 is 20.5. The summed E-state index contributed by atoms with van der Waals surface area (Å²) in [6.07, 6.45) is 4.08. The molecule has 2 aromatic carbocycles. The second-order valence-corrected chi connectivity index (χ2v) is 8.48. The summed E-state index contributed by atoms with van der Waals surface area (Å²) in [4.78, 5) is 19.0. The molecule has 3 aromatic rings. The highest BCUT2D eigenvalue weighted by Crippen LogP contribution is 2.24. The van der Waals surface area contributed by atoms with E-state index < -0.39 is 11.4 Å². The highest BCUT2D eigenvalue weighted by Gasteiger charge is 2.14. The van der Waals surface area contributed by atoms with Crippen molar-refractivity contribution in [3.05, 3.63) is 80.5 Å². The van der Waals surface area contributed by atoms with Crippen LogP contribution in [-0.2, 0) is 13.1 Å². The summed E-state index contributed by atoms with van der Waals surface area (Å²) in [5, 5.41) is 3.36. The Morgan fingerprint density at radius 3 is 2.56 bits per heavy atom. The number of halogens is 2. The maximum Gasteiger partial charge on any atom is 0.316 e. The van der Waals surface area contributed by atoms with Gasteiger partial charge in [0.25, 0.3) is 0 Å². The van der Waals surface area contributed by atoms with Crippen LogP contribution in [0.3, 0.4) is 0 Å². The SMILES string of the molecule is COc1cn(Cc2ccc(F)c(Cl)c2)c(Nc2cc(CN3CCCC3)ccc2C)nc1=O. The molecular formula is C24H26ClFN4O2. The zero-order chi connectivity index (χ0) is 22.7. The van der Waals surface area contributed by atoms with Crippen molar-refractivity contribution in [2.75, 3.05) is 25.5 Å². The van der Waals surface area contributed by atoms with E-state index in [1.165, 1.54) is 31.6 Å². The van der Waals surface area contributed by atoms with Gasteiger partial charge in [0.2, 0.25) is 11.7 Å². The molecule has 1 aliphatic rings. The topological polar surface area (TPSA) is 59.4 Å². The molecule has 0 radical (unpaired) electrons. The van der Waals surface area contributed by atoms with E-state index in [-0.39, 0.29) is 10.8 Å². The number of ether oxygens (including phenoxy) is 1. The van der Waals surface area contributed by atoms with Gasteiger partial charge in [0, 0.05) is 12.2 Å². The van der Waals surface area contributed by atoms with Crippen molar-refractivity contribution in [1.29, 1.82) is 0 Å². The number of nitrogens with one attached hydrogen (secondary N) is 1. The van der Waals surface area contributed by atoms with Crippen LogP contribution < -0.4 is 15.6 Å². The molecule has 8 heteroatoms. The number of nitrogens with zero attached hydrogens (tertiary/aromatic N) is 3. The molecule has 32 heavy (non-hydrogen) atoms. The van der Waals surface area contributed by atoms with Gasteiger partial charge in [0.1, 0.15) is 5.82 Å². The monoisotopic (exact) mass is 456 g/mol. The summed E-state index contributed by atoms with van der Waals surface area (Å²) in [7, 11) is 1.43. The van der Waals surface area contributed by atoms with Crippen LogP contribution >= 0.6 is 11.6 Å². The third-order valence-corrected chi connectivity index (χ3v) is 5.96. The average molecular weight is 457 g/mol. The van der Waals surface area contributed by atoms with Gasteiger partial charge in [0.15, 0.2) is 0 Å². The molecule has 0 saturated carbocycles. The molecule has 0 atom stereocenters.